The lowest BCUT2D eigenvalue weighted by Crippen LogP contribution is -2.47. The predicted molar refractivity (Wildman–Crippen MR) is 96.1 cm³/mol. The first-order valence-electron chi connectivity index (χ1n) is 8.70. The highest BCUT2D eigenvalue weighted by molar-refractivity contribution is 5.81. The fourth-order valence-electron chi connectivity index (χ4n) is 4.38. The monoisotopic (exact) mass is 337 g/mol. The summed E-state index contributed by atoms with van der Waals surface area (Å²) in [5.74, 6) is 1.84. The largest absolute Gasteiger partial charge is 0.493 e. The molecule has 0 aliphatic carbocycles. The van der Waals surface area contributed by atoms with Gasteiger partial charge in [-0.15, -0.1) is 0 Å². The predicted octanol–water partition coefficient (Wildman–Crippen LogP) is 3.69. The van der Waals surface area contributed by atoms with E-state index in [2.05, 4.69) is 48.2 Å². The Balaban J connectivity index is 1.95. The molecule has 2 aromatic carbocycles. The van der Waals surface area contributed by atoms with Crippen molar-refractivity contribution in [2.75, 3.05) is 20.8 Å². The number of ether oxygens (including phenoxy) is 2. The van der Waals surface area contributed by atoms with Crippen LogP contribution < -0.4 is 9.47 Å². The topological polar surface area (TPSA) is 38.8 Å². The third kappa shape index (κ3) is 2.31. The molecule has 130 valence electrons. The molecule has 0 unspecified atom stereocenters. The quantitative estimate of drug-likeness (QED) is 0.857. The summed E-state index contributed by atoms with van der Waals surface area (Å²) in [5.41, 5.74) is 3.36. The number of rotatable bonds is 3. The number of fused-ring (bicyclic) bond motifs is 3. The van der Waals surface area contributed by atoms with Gasteiger partial charge in [0, 0.05) is 18.9 Å². The highest BCUT2D eigenvalue weighted by Gasteiger charge is 2.49. The summed E-state index contributed by atoms with van der Waals surface area (Å²) in [7, 11) is 3.32. The Morgan fingerprint density at radius 3 is 2.44 bits per heavy atom. The van der Waals surface area contributed by atoms with Crippen LogP contribution in [0.1, 0.15) is 42.4 Å². The average Bonchev–Trinajstić information content (AvgIpc) is 2.96. The molecule has 4 rings (SSSR count). The van der Waals surface area contributed by atoms with Gasteiger partial charge in [-0.2, -0.15) is 0 Å². The van der Waals surface area contributed by atoms with Gasteiger partial charge in [0.25, 0.3) is 0 Å². The summed E-state index contributed by atoms with van der Waals surface area (Å²) in [6.07, 6.45) is 1.45. The van der Waals surface area contributed by atoms with Crippen molar-refractivity contribution in [1.29, 1.82) is 0 Å². The van der Waals surface area contributed by atoms with E-state index in [0.717, 1.165) is 17.9 Å². The Labute approximate surface area is 148 Å². The normalized spacial score (nSPS) is 24.7. The van der Waals surface area contributed by atoms with E-state index in [1.54, 1.807) is 14.2 Å². The minimum atomic E-state index is -0.267. The van der Waals surface area contributed by atoms with E-state index in [4.69, 9.17) is 9.47 Å². The van der Waals surface area contributed by atoms with Gasteiger partial charge in [0.2, 0.25) is 5.91 Å². The molecular weight excluding hydrogens is 314 g/mol. The van der Waals surface area contributed by atoms with Crippen molar-refractivity contribution in [2.45, 2.75) is 31.2 Å². The van der Waals surface area contributed by atoms with Gasteiger partial charge in [-0.05, 0) is 42.2 Å². The number of hydrogen-bond donors (Lipinski definition) is 0. The Morgan fingerprint density at radius 2 is 1.76 bits per heavy atom. The molecule has 0 N–H and O–H groups in total. The first-order chi connectivity index (χ1) is 12.1. The molecular formula is C21H23NO3. The van der Waals surface area contributed by atoms with E-state index in [0.29, 0.717) is 13.0 Å². The lowest BCUT2D eigenvalue weighted by molar-refractivity contribution is -0.131. The van der Waals surface area contributed by atoms with E-state index < -0.39 is 0 Å². The minimum absolute atomic E-state index is 0.145. The number of nitrogens with zero attached hydrogens (tertiary/aromatic N) is 1. The molecule has 2 aliphatic heterocycles. The summed E-state index contributed by atoms with van der Waals surface area (Å²) in [6.45, 7) is 2.88. The van der Waals surface area contributed by atoms with Gasteiger partial charge in [-0.1, -0.05) is 30.3 Å². The Bertz CT molecular complexity index is 817. The molecule has 0 aromatic heterocycles. The minimum Gasteiger partial charge on any atom is -0.493 e. The van der Waals surface area contributed by atoms with Crippen LogP contribution in [0.15, 0.2) is 42.5 Å². The van der Waals surface area contributed by atoms with Crippen LogP contribution >= 0.6 is 0 Å². The summed E-state index contributed by atoms with van der Waals surface area (Å²) in [6, 6.07) is 14.5. The number of amides is 1. The Kier molecular flexibility index (Phi) is 3.71. The van der Waals surface area contributed by atoms with Gasteiger partial charge in [0.15, 0.2) is 11.5 Å². The third-order valence-electron chi connectivity index (χ3n) is 5.80. The van der Waals surface area contributed by atoms with Gasteiger partial charge in [0.1, 0.15) is 0 Å². The summed E-state index contributed by atoms with van der Waals surface area (Å²) >= 11 is 0. The summed E-state index contributed by atoms with van der Waals surface area (Å²) in [5, 5.41) is 0. The van der Waals surface area contributed by atoms with Gasteiger partial charge in [-0.3, -0.25) is 4.79 Å². The van der Waals surface area contributed by atoms with Crippen LogP contribution in [-0.2, 0) is 10.3 Å². The van der Waals surface area contributed by atoms with E-state index in [1.807, 2.05) is 6.07 Å². The van der Waals surface area contributed by atoms with Crippen LogP contribution in [0.25, 0.3) is 0 Å². The van der Waals surface area contributed by atoms with E-state index in [1.165, 1.54) is 16.7 Å². The van der Waals surface area contributed by atoms with Crippen LogP contribution in [0.5, 0.6) is 11.5 Å². The van der Waals surface area contributed by atoms with Crippen LogP contribution in [0.3, 0.4) is 0 Å². The SMILES string of the molecule is COc1cc2c(cc1OC)[C@]1(C)CCC(=O)N1C[C@@H]2c1ccccc1. The molecule has 1 saturated heterocycles. The smallest absolute Gasteiger partial charge is 0.223 e. The average molecular weight is 337 g/mol. The lowest BCUT2D eigenvalue weighted by Gasteiger charge is -2.45. The molecule has 1 amide bonds. The number of benzene rings is 2. The van der Waals surface area contributed by atoms with Gasteiger partial charge in [0.05, 0.1) is 19.8 Å². The third-order valence-corrected chi connectivity index (χ3v) is 5.80. The fraction of sp³-hybridized carbons (Fsp3) is 0.381. The van der Waals surface area contributed by atoms with E-state index in [9.17, 15) is 4.79 Å². The number of carbonyl (C=O) groups excluding carboxylic acids is 1. The fourth-order valence-corrected chi connectivity index (χ4v) is 4.38. The molecule has 0 saturated carbocycles. The van der Waals surface area contributed by atoms with Crippen molar-refractivity contribution in [2.24, 2.45) is 0 Å². The van der Waals surface area contributed by atoms with E-state index >= 15 is 0 Å². The van der Waals surface area contributed by atoms with Crippen molar-refractivity contribution < 1.29 is 14.3 Å². The molecule has 25 heavy (non-hydrogen) atoms. The van der Waals surface area contributed by atoms with Gasteiger partial charge < -0.3 is 14.4 Å². The Morgan fingerprint density at radius 1 is 1.08 bits per heavy atom. The molecule has 2 atom stereocenters. The first-order valence-corrected chi connectivity index (χ1v) is 8.70. The second-order valence-electron chi connectivity index (χ2n) is 7.04. The van der Waals surface area contributed by atoms with E-state index in [-0.39, 0.29) is 17.4 Å². The second kappa shape index (κ2) is 5.80. The molecule has 4 heteroatoms. The van der Waals surface area contributed by atoms with Crippen molar-refractivity contribution in [1.82, 2.24) is 4.90 Å². The number of carbonyl (C=O) groups is 1. The summed E-state index contributed by atoms with van der Waals surface area (Å²) < 4.78 is 11.1. The molecule has 0 spiro atoms. The van der Waals surface area contributed by atoms with Crippen molar-refractivity contribution in [3.05, 3.63) is 59.2 Å². The molecule has 2 aromatic rings. The zero-order valence-electron chi connectivity index (χ0n) is 14.9. The highest BCUT2D eigenvalue weighted by Crippen LogP contribution is 2.51. The number of methoxy groups -OCH3 is 2. The molecule has 2 heterocycles. The van der Waals surface area contributed by atoms with Crippen molar-refractivity contribution in [3.63, 3.8) is 0 Å². The lowest BCUT2D eigenvalue weighted by atomic mass is 9.75. The number of hydrogen-bond acceptors (Lipinski definition) is 3. The zero-order valence-corrected chi connectivity index (χ0v) is 14.9. The molecule has 1 fully saturated rings. The second-order valence-corrected chi connectivity index (χ2v) is 7.04. The van der Waals surface area contributed by atoms with Gasteiger partial charge >= 0.3 is 0 Å². The first kappa shape index (κ1) is 16.0. The maximum atomic E-state index is 12.5. The molecule has 0 radical (unpaired) electrons. The van der Waals surface area contributed by atoms with Crippen LogP contribution in [0.2, 0.25) is 0 Å². The summed E-state index contributed by atoms with van der Waals surface area (Å²) in [4.78, 5) is 14.6. The van der Waals surface area contributed by atoms with Crippen LogP contribution in [-0.4, -0.2) is 31.6 Å². The maximum Gasteiger partial charge on any atom is 0.223 e. The van der Waals surface area contributed by atoms with Crippen LogP contribution in [0.4, 0.5) is 0 Å². The highest BCUT2D eigenvalue weighted by atomic mass is 16.5. The zero-order chi connectivity index (χ0) is 17.6. The molecule has 2 aliphatic rings. The maximum absolute atomic E-state index is 12.5. The molecule has 4 nitrogen and oxygen atoms in total. The van der Waals surface area contributed by atoms with Crippen molar-refractivity contribution in [3.8, 4) is 11.5 Å². The van der Waals surface area contributed by atoms with Crippen LogP contribution in [0, 0.1) is 0 Å². The Hall–Kier alpha value is -2.49. The van der Waals surface area contributed by atoms with Gasteiger partial charge in [-0.25, -0.2) is 0 Å². The molecule has 0 bridgehead atoms. The van der Waals surface area contributed by atoms with Crippen molar-refractivity contribution >= 4 is 5.91 Å². The standard InChI is InChI=1S/C21H23NO3/c1-21-10-9-20(23)22(21)13-16(14-7-5-4-6-8-14)15-11-18(24-2)19(25-3)12-17(15)21/h4-8,11-12,16H,9-10,13H2,1-3H3/t16-,21+/m1/s1.